The van der Waals surface area contributed by atoms with E-state index < -0.39 is 23.5 Å². The van der Waals surface area contributed by atoms with Gasteiger partial charge >= 0.3 is 12.4 Å². The van der Waals surface area contributed by atoms with Crippen LogP contribution in [0.3, 0.4) is 0 Å². The van der Waals surface area contributed by atoms with Gasteiger partial charge in [0.05, 0.1) is 16.8 Å². The Kier molecular flexibility index (Phi) is 8.86. The molecular weight excluding hydrogens is 396 g/mol. The molecule has 0 saturated carbocycles. The van der Waals surface area contributed by atoms with Crippen molar-refractivity contribution in [3.63, 3.8) is 0 Å². The highest BCUT2D eigenvalue weighted by molar-refractivity contribution is 5.64. The number of alkyl halides is 6. The second-order valence-electron chi connectivity index (χ2n) is 7.48. The topological polar surface area (TPSA) is 50.1 Å². The van der Waals surface area contributed by atoms with Gasteiger partial charge in [-0.25, -0.2) is 0 Å². The molecule has 0 amide bonds. The molecular formula is C20H29F6N3. The molecule has 1 aromatic carbocycles. The van der Waals surface area contributed by atoms with Gasteiger partial charge in [-0.15, -0.1) is 0 Å². The zero-order chi connectivity index (χ0) is 22.4. The number of likely N-dealkylation sites (N-methyl/N-ethyl adjacent to an activating group) is 1. The molecule has 2 atom stereocenters. The maximum atomic E-state index is 13.0. The number of nitrogens with two attached hydrogens (primary N) is 1. The highest BCUT2D eigenvalue weighted by atomic mass is 19.4. The van der Waals surface area contributed by atoms with E-state index in [0.29, 0.717) is 18.1 Å². The van der Waals surface area contributed by atoms with Gasteiger partial charge in [-0.2, -0.15) is 26.3 Å². The molecule has 4 N–H and O–H groups in total. The molecule has 0 fully saturated rings. The number of benzene rings is 1. The van der Waals surface area contributed by atoms with Gasteiger partial charge in [0.2, 0.25) is 0 Å². The zero-order valence-electron chi connectivity index (χ0n) is 17.0. The summed E-state index contributed by atoms with van der Waals surface area (Å²) in [6, 6.07) is 1.34. The number of rotatable bonds is 9. The lowest BCUT2D eigenvalue weighted by atomic mass is 9.94. The van der Waals surface area contributed by atoms with Crippen molar-refractivity contribution in [2.75, 3.05) is 7.05 Å². The van der Waals surface area contributed by atoms with Crippen molar-refractivity contribution in [2.45, 2.75) is 64.5 Å². The second kappa shape index (κ2) is 10.2. The Hall–Kier alpha value is -1.90. The molecule has 1 aromatic rings. The van der Waals surface area contributed by atoms with E-state index in [-0.39, 0.29) is 29.4 Å². The highest BCUT2D eigenvalue weighted by Crippen LogP contribution is 2.37. The number of hydrogen-bond acceptors (Lipinski definition) is 3. The molecule has 0 radical (unpaired) electrons. The second-order valence-corrected chi connectivity index (χ2v) is 7.48. The minimum Gasteiger partial charge on any atom is -0.397 e. The third-order valence-electron chi connectivity index (χ3n) is 4.56. The van der Waals surface area contributed by atoms with Gasteiger partial charge in [-0.3, -0.25) is 0 Å². The van der Waals surface area contributed by atoms with Gasteiger partial charge in [0.1, 0.15) is 0 Å². The van der Waals surface area contributed by atoms with E-state index >= 15 is 0 Å². The van der Waals surface area contributed by atoms with E-state index in [2.05, 4.69) is 24.5 Å². The average molecular weight is 425 g/mol. The fourth-order valence-corrected chi connectivity index (χ4v) is 3.10. The summed E-state index contributed by atoms with van der Waals surface area (Å²) in [6.45, 7) is 6.13. The van der Waals surface area contributed by atoms with Crippen molar-refractivity contribution in [1.82, 2.24) is 10.6 Å². The van der Waals surface area contributed by atoms with Crippen molar-refractivity contribution in [2.24, 2.45) is 11.7 Å². The molecule has 0 aliphatic rings. The van der Waals surface area contributed by atoms with Crippen molar-refractivity contribution in [1.29, 1.82) is 0 Å². The minimum atomic E-state index is -4.91. The summed E-state index contributed by atoms with van der Waals surface area (Å²) in [5.74, 6) is 0.410. The maximum absolute atomic E-state index is 13.0. The molecule has 1 rings (SSSR count). The quantitative estimate of drug-likeness (QED) is 0.466. The first-order valence-electron chi connectivity index (χ1n) is 9.48. The van der Waals surface area contributed by atoms with E-state index in [1.165, 1.54) is 6.20 Å². The molecule has 0 bridgehead atoms. The maximum Gasteiger partial charge on any atom is 0.416 e. The minimum absolute atomic E-state index is 0.0705. The van der Waals surface area contributed by atoms with E-state index in [4.69, 9.17) is 5.73 Å². The Morgan fingerprint density at radius 1 is 1.00 bits per heavy atom. The lowest BCUT2D eigenvalue weighted by Gasteiger charge is -2.29. The Morgan fingerprint density at radius 2 is 1.52 bits per heavy atom. The number of halogens is 6. The lowest BCUT2D eigenvalue weighted by Crippen LogP contribution is -2.45. The number of hydrogen-bond donors (Lipinski definition) is 3. The normalized spacial score (nSPS) is 15.5. The van der Waals surface area contributed by atoms with Gasteiger partial charge in [0, 0.05) is 23.8 Å². The van der Waals surface area contributed by atoms with Crippen LogP contribution in [-0.2, 0) is 12.4 Å². The monoisotopic (exact) mass is 425 g/mol. The first-order chi connectivity index (χ1) is 13.3. The van der Waals surface area contributed by atoms with Crippen molar-refractivity contribution < 1.29 is 26.3 Å². The Labute approximate surface area is 167 Å². The van der Waals surface area contributed by atoms with E-state index in [9.17, 15) is 26.3 Å². The first kappa shape index (κ1) is 25.1. The fraction of sp³-hybridized carbons (Fsp3) is 0.600. The molecule has 9 heteroatoms. The van der Waals surface area contributed by atoms with Crippen molar-refractivity contribution in [3.8, 4) is 0 Å². The van der Waals surface area contributed by atoms with Gasteiger partial charge in [-0.05, 0) is 44.0 Å². The predicted octanol–water partition coefficient (Wildman–Crippen LogP) is 5.37. The van der Waals surface area contributed by atoms with Gasteiger partial charge in [0.15, 0.2) is 0 Å². The Bertz CT molecular complexity index is 648. The molecule has 0 spiro atoms. The average Bonchev–Trinajstić information content (AvgIpc) is 2.61. The summed E-state index contributed by atoms with van der Waals surface area (Å²) in [5.41, 5.74) is 2.54. The molecule has 0 aliphatic carbocycles. The summed E-state index contributed by atoms with van der Waals surface area (Å²) >= 11 is 0. The summed E-state index contributed by atoms with van der Waals surface area (Å²) < 4.78 is 78.2. The van der Waals surface area contributed by atoms with E-state index in [0.717, 1.165) is 19.3 Å². The van der Waals surface area contributed by atoms with Crippen molar-refractivity contribution in [3.05, 3.63) is 41.1 Å². The SMILES string of the molecule is CCCC(N/C=C(\N)c1cc(C(F)(F)F)cc(C(F)(F)F)c1)[C@H](CC(C)C)NC. The molecule has 1 unspecified atom stereocenters. The van der Waals surface area contributed by atoms with Crippen LogP contribution in [0, 0.1) is 5.92 Å². The largest absolute Gasteiger partial charge is 0.416 e. The smallest absolute Gasteiger partial charge is 0.397 e. The van der Waals surface area contributed by atoms with Gasteiger partial charge in [-0.1, -0.05) is 27.2 Å². The number of nitrogens with one attached hydrogen (secondary N) is 2. The third kappa shape index (κ3) is 7.79. The van der Waals surface area contributed by atoms with Crippen LogP contribution in [0.2, 0.25) is 0 Å². The lowest BCUT2D eigenvalue weighted by molar-refractivity contribution is -0.143. The summed E-state index contributed by atoms with van der Waals surface area (Å²) in [5, 5.41) is 6.29. The molecule has 29 heavy (non-hydrogen) atoms. The Morgan fingerprint density at radius 3 is 1.90 bits per heavy atom. The molecule has 0 saturated heterocycles. The van der Waals surface area contributed by atoms with Crippen LogP contribution >= 0.6 is 0 Å². The van der Waals surface area contributed by atoms with Crippen molar-refractivity contribution >= 4 is 5.70 Å². The standard InChI is InChI=1S/C20H29F6N3/c1-5-6-17(18(28-4)7-12(2)3)29-11-16(27)13-8-14(19(21,22)23)10-15(9-13)20(24,25)26/h8-12,17-18,28-29H,5-7,27H2,1-4H3/b16-11-/t17?,18-/m0/s1. The Balaban J connectivity index is 3.23. The third-order valence-corrected chi connectivity index (χ3v) is 4.56. The molecule has 166 valence electrons. The predicted molar refractivity (Wildman–Crippen MR) is 103 cm³/mol. The van der Waals surface area contributed by atoms with Crippen LogP contribution in [0.25, 0.3) is 5.70 Å². The van der Waals surface area contributed by atoms with Crippen LogP contribution in [0.5, 0.6) is 0 Å². The van der Waals surface area contributed by atoms with Crippen LogP contribution in [0.4, 0.5) is 26.3 Å². The zero-order valence-corrected chi connectivity index (χ0v) is 17.0. The van der Waals surface area contributed by atoms with Crippen LogP contribution < -0.4 is 16.4 Å². The molecule has 0 aliphatic heterocycles. The summed E-state index contributed by atoms with van der Waals surface area (Å²) in [4.78, 5) is 0. The van der Waals surface area contributed by atoms with E-state index in [1.54, 1.807) is 0 Å². The van der Waals surface area contributed by atoms with Crippen LogP contribution in [0.15, 0.2) is 24.4 Å². The van der Waals surface area contributed by atoms with Crippen LogP contribution in [-0.4, -0.2) is 19.1 Å². The fourth-order valence-electron chi connectivity index (χ4n) is 3.10. The summed E-state index contributed by atoms with van der Waals surface area (Å²) in [7, 11) is 1.81. The molecule has 0 aromatic heterocycles. The van der Waals surface area contributed by atoms with Gasteiger partial charge in [0.25, 0.3) is 0 Å². The van der Waals surface area contributed by atoms with E-state index in [1.807, 2.05) is 14.0 Å². The van der Waals surface area contributed by atoms with Gasteiger partial charge < -0.3 is 16.4 Å². The molecule has 3 nitrogen and oxygen atoms in total. The molecule has 0 heterocycles. The highest BCUT2D eigenvalue weighted by Gasteiger charge is 2.37. The first-order valence-corrected chi connectivity index (χ1v) is 9.48. The summed E-state index contributed by atoms with van der Waals surface area (Å²) in [6.07, 6.45) is -6.07. The van der Waals surface area contributed by atoms with Crippen LogP contribution in [0.1, 0.15) is 56.7 Å².